The fourth-order valence-corrected chi connectivity index (χ4v) is 2.63. The fraction of sp³-hybridized carbons (Fsp3) is 0.588. The van der Waals surface area contributed by atoms with Crippen LogP contribution >= 0.6 is 0 Å². The minimum absolute atomic E-state index is 0.143. The first-order valence-corrected chi connectivity index (χ1v) is 7.34. The smallest absolute Gasteiger partial charge is 0.176 e. The third kappa shape index (κ3) is 3.90. The first kappa shape index (κ1) is 14.3. The predicted octanol–water partition coefficient (Wildman–Crippen LogP) is 3.70. The maximum Gasteiger partial charge on any atom is 0.176 e. The molecule has 1 aromatic rings. The molecule has 0 radical (unpaired) electrons. The van der Waals surface area contributed by atoms with Crippen LogP contribution in [0.15, 0.2) is 24.3 Å². The van der Waals surface area contributed by atoms with Gasteiger partial charge in [0.05, 0.1) is 6.54 Å². The molecule has 2 heteroatoms. The van der Waals surface area contributed by atoms with Gasteiger partial charge in [0.25, 0.3) is 0 Å². The van der Waals surface area contributed by atoms with Crippen LogP contribution in [0, 0.1) is 0 Å². The summed E-state index contributed by atoms with van der Waals surface area (Å²) in [5.41, 5.74) is 2.23. The van der Waals surface area contributed by atoms with Crippen molar-refractivity contribution >= 4 is 5.78 Å². The number of hydrogen-bond donors (Lipinski definition) is 1. The summed E-state index contributed by atoms with van der Waals surface area (Å²) < 4.78 is 0. The van der Waals surface area contributed by atoms with E-state index in [0.29, 0.717) is 12.6 Å². The molecule has 0 saturated heterocycles. The molecule has 0 spiro atoms. The van der Waals surface area contributed by atoms with Crippen molar-refractivity contribution in [3.8, 4) is 0 Å². The number of rotatable bonds is 4. The van der Waals surface area contributed by atoms with E-state index in [1.807, 2.05) is 12.1 Å². The molecule has 1 fully saturated rings. The van der Waals surface area contributed by atoms with Crippen molar-refractivity contribution in [2.45, 2.75) is 57.9 Å². The largest absolute Gasteiger partial charge is 0.307 e. The molecule has 1 aliphatic rings. The highest BCUT2D eigenvalue weighted by Crippen LogP contribution is 2.22. The average molecular weight is 259 g/mol. The van der Waals surface area contributed by atoms with E-state index in [-0.39, 0.29) is 11.2 Å². The van der Waals surface area contributed by atoms with Crippen molar-refractivity contribution in [1.82, 2.24) is 5.32 Å². The number of nitrogens with one attached hydrogen (secondary N) is 1. The summed E-state index contributed by atoms with van der Waals surface area (Å²) in [7, 11) is 0. The summed E-state index contributed by atoms with van der Waals surface area (Å²) in [4.78, 5) is 12.1. The summed E-state index contributed by atoms with van der Waals surface area (Å²) in [5, 5.41) is 3.38. The van der Waals surface area contributed by atoms with Crippen molar-refractivity contribution in [3.63, 3.8) is 0 Å². The lowest BCUT2D eigenvalue weighted by Gasteiger charge is -2.19. The Balaban J connectivity index is 1.92. The molecule has 0 unspecified atom stereocenters. The zero-order chi connectivity index (χ0) is 13.9. The second kappa shape index (κ2) is 5.87. The molecule has 1 N–H and O–H groups in total. The molecule has 1 aliphatic carbocycles. The lowest BCUT2D eigenvalue weighted by atomic mass is 9.86. The van der Waals surface area contributed by atoms with E-state index in [1.165, 1.54) is 31.2 Å². The van der Waals surface area contributed by atoms with Crippen LogP contribution < -0.4 is 5.32 Å². The Hall–Kier alpha value is -1.15. The quantitative estimate of drug-likeness (QED) is 0.835. The van der Waals surface area contributed by atoms with Crippen molar-refractivity contribution in [1.29, 1.82) is 0 Å². The van der Waals surface area contributed by atoms with E-state index >= 15 is 0 Å². The molecule has 1 aromatic carbocycles. The Labute approximate surface area is 116 Å². The standard InChI is InChI=1S/C17H25NO/c1-17(2,3)14-10-8-13(9-11-14)16(19)12-18-15-6-4-5-7-15/h8-11,15,18H,4-7,12H2,1-3H3. The molecule has 0 bridgehead atoms. The molecule has 0 aliphatic heterocycles. The normalized spacial score (nSPS) is 16.8. The minimum atomic E-state index is 0.143. The van der Waals surface area contributed by atoms with Crippen LogP contribution in [0.1, 0.15) is 62.4 Å². The first-order chi connectivity index (χ1) is 8.97. The second-order valence-corrected chi connectivity index (χ2v) is 6.61. The van der Waals surface area contributed by atoms with Crippen molar-refractivity contribution < 1.29 is 4.79 Å². The molecule has 104 valence electrons. The molecule has 0 amide bonds. The number of carbonyl (C=O) groups excluding carboxylic acids is 1. The molecular weight excluding hydrogens is 234 g/mol. The van der Waals surface area contributed by atoms with Crippen LogP contribution in [0.5, 0.6) is 0 Å². The van der Waals surface area contributed by atoms with E-state index in [2.05, 4.69) is 38.2 Å². The highest BCUT2D eigenvalue weighted by atomic mass is 16.1. The topological polar surface area (TPSA) is 29.1 Å². The van der Waals surface area contributed by atoms with Crippen LogP contribution in [0.4, 0.5) is 0 Å². The zero-order valence-electron chi connectivity index (χ0n) is 12.3. The lowest BCUT2D eigenvalue weighted by Crippen LogP contribution is -2.31. The molecule has 0 heterocycles. The zero-order valence-corrected chi connectivity index (χ0v) is 12.3. The van der Waals surface area contributed by atoms with E-state index in [0.717, 1.165) is 5.56 Å². The summed E-state index contributed by atoms with van der Waals surface area (Å²) in [5.74, 6) is 0.201. The third-order valence-electron chi connectivity index (χ3n) is 3.98. The fourth-order valence-electron chi connectivity index (χ4n) is 2.63. The SMILES string of the molecule is CC(C)(C)c1ccc(C(=O)CNC2CCCC2)cc1. The van der Waals surface area contributed by atoms with Gasteiger partial charge in [-0.1, -0.05) is 57.9 Å². The van der Waals surface area contributed by atoms with Crippen molar-refractivity contribution in [2.75, 3.05) is 6.54 Å². The van der Waals surface area contributed by atoms with E-state index < -0.39 is 0 Å². The Morgan fingerprint density at radius 3 is 2.26 bits per heavy atom. The number of ketones is 1. The van der Waals surface area contributed by atoms with E-state index in [9.17, 15) is 4.79 Å². The third-order valence-corrected chi connectivity index (χ3v) is 3.98. The molecule has 1 saturated carbocycles. The van der Waals surface area contributed by atoms with Crippen LogP contribution in [-0.2, 0) is 5.41 Å². The van der Waals surface area contributed by atoms with Gasteiger partial charge in [-0.25, -0.2) is 0 Å². The molecule has 0 aromatic heterocycles. The molecule has 2 nitrogen and oxygen atoms in total. The van der Waals surface area contributed by atoms with Crippen LogP contribution in [0.25, 0.3) is 0 Å². The van der Waals surface area contributed by atoms with Crippen molar-refractivity contribution in [2.24, 2.45) is 0 Å². The van der Waals surface area contributed by atoms with E-state index in [4.69, 9.17) is 0 Å². The number of hydrogen-bond acceptors (Lipinski definition) is 2. The minimum Gasteiger partial charge on any atom is -0.307 e. The molecule has 0 atom stereocenters. The second-order valence-electron chi connectivity index (χ2n) is 6.61. The van der Waals surface area contributed by atoms with Crippen molar-refractivity contribution in [3.05, 3.63) is 35.4 Å². The first-order valence-electron chi connectivity index (χ1n) is 7.34. The molecule has 19 heavy (non-hydrogen) atoms. The van der Waals surface area contributed by atoms with Crippen LogP contribution in [-0.4, -0.2) is 18.4 Å². The van der Waals surface area contributed by atoms with Gasteiger partial charge in [-0.3, -0.25) is 4.79 Å². The van der Waals surface area contributed by atoms with Gasteiger partial charge >= 0.3 is 0 Å². The number of Topliss-reactive ketones (excluding diaryl/α,β-unsaturated/α-hetero) is 1. The van der Waals surface area contributed by atoms with E-state index in [1.54, 1.807) is 0 Å². The number of carbonyl (C=O) groups is 1. The molecular formula is C17H25NO. The summed E-state index contributed by atoms with van der Waals surface area (Å²) in [6.45, 7) is 7.03. The highest BCUT2D eigenvalue weighted by Gasteiger charge is 2.17. The summed E-state index contributed by atoms with van der Waals surface area (Å²) >= 11 is 0. The predicted molar refractivity (Wildman–Crippen MR) is 79.7 cm³/mol. The van der Waals surface area contributed by atoms with Gasteiger partial charge in [0.1, 0.15) is 0 Å². The Morgan fingerprint density at radius 2 is 1.74 bits per heavy atom. The van der Waals surface area contributed by atoms with Gasteiger partial charge in [0.2, 0.25) is 0 Å². The Morgan fingerprint density at radius 1 is 1.16 bits per heavy atom. The van der Waals surface area contributed by atoms with Crippen LogP contribution in [0.3, 0.4) is 0 Å². The Kier molecular flexibility index (Phi) is 4.41. The van der Waals surface area contributed by atoms with Gasteiger partial charge in [-0.05, 0) is 23.8 Å². The average Bonchev–Trinajstić information content (AvgIpc) is 2.88. The maximum absolute atomic E-state index is 12.1. The lowest BCUT2D eigenvalue weighted by molar-refractivity contribution is 0.0987. The molecule has 2 rings (SSSR count). The van der Waals surface area contributed by atoms with Gasteiger partial charge in [-0.15, -0.1) is 0 Å². The van der Waals surface area contributed by atoms with Gasteiger partial charge in [0.15, 0.2) is 5.78 Å². The van der Waals surface area contributed by atoms with Gasteiger partial charge in [-0.2, -0.15) is 0 Å². The van der Waals surface area contributed by atoms with Gasteiger partial charge in [0, 0.05) is 11.6 Å². The Bertz CT molecular complexity index is 422. The van der Waals surface area contributed by atoms with Crippen LogP contribution in [0.2, 0.25) is 0 Å². The maximum atomic E-state index is 12.1. The monoisotopic (exact) mass is 259 g/mol. The highest BCUT2D eigenvalue weighted by molar-refractivity contribution is 5.97. The van der Waals surface area contributed by atoms with Gasteiger partial charge < -0.3 is 5.32 Å². The summed E-state index contributed by atoms with van der Waals surface area (Å²) in [6, 6.07) is 8.61. The summed E-state index contributed by atoms with van der Waals surface area (Å²) in [6.07, 6.45) is 5.03. The number of benzene rings is 1.